The first-order chi connectivity index (χ1) is 9.46. The highest BCUT2D eigenvalue weighted by molar-refractivity contribution is 5.58. The molecule has 0 saturated heterocycles. The molecule has 0 aliphatic heterocycles. The second kappa shape index (κ2) is 6.19. The molecule has 0 unspecified atom stereocenters. The summed E-state index contributed by atoms with van der Waals surface area (Å²) in [6, 6.07) is 15.9. The molecule has 1 N–H and O–H groups in total. The van der Waals surface area contributed by atoms with Gasteiger partial charge in [-0.2, -0.15) is 0 Å². The average molecular weight is 269 g/mol. The standard InChI is InChI=1S/C18H23NO/c1-18(2,3)13-12-17(20)16-11-7-10-15(19-16)14-8-5-4-6-9-14/h4-11,17,20H,12-13H2,1-3H3/t17-/m0/s1. The molecule has 2 nitrogen and oxygen atoms in total. The smallest absolute Gasteiger partial charge is 0.0960 e. The summed E-state index contributed by atoms with van der Waals surface area (Å²) in [6.07, 6.45) is 1.23. The number of benzene rings is 1. The van der Waals surface area contributed by atoms with Gasteiger partial charge in [-0.15, -0.1) is 0 Å². The van der Waals surface area contributed by atoms with Crippen LogP contribution in [0.5, 0.6) is 0 Å². The molecule has 2 aromatic rings. The molecule has 2 rings (SSSR count). The summed E-state index contributed by atoms with van der Waals surface area (Å²) in [5.41, 5.74) is 2.99. The van der Waals surface area contributed by atoms with Crippen LogP contribution in [0.2, 0.25) is 0 Å². The molecule has 2 heteroatoms. The number of hydrogen-bond donors (Lipinski definition) is 1. The molecule has 1 aromatic heterocycles. The summed E-state index contributed by atoms with van der Waals surface area (Å²) in [5, 5.41) is 10.3. The fourth-order valence-electron chi connectivity index (χ4n) is 2.12. The van der Waals surface area contributed by atoms with E-state index < -0.39 is 6.10 Å². The van der Waals surface area contributed by atoms with Crippen molar-refractivity contribution < 1.29 is 5.11 Å². The molecule has 106 valence electrons. The zero-order chi connectivity index (χ0) is 14.6. The zero-order valence-electron chi connectivity index (χ0n) is 12.5. The van der Waals surface area contributed by atoms with E-state index in [0.29, 0.717) is 0 Å². The van der Waals surface area contributed by atoms with Gasteiger partial charge in [-0.05, 0) is 30.4 Å². The molecule has 1 aromatic carbocycles. The van der Waals surface area contributed by atoms with E-state index in [4.69, 9.17) is 0 Å². The summed E-state index contributed by atoms with van der Waals surface area (Å²) in [5.74, 6) is 0. The van der Waals surface area contributed by atoms with Crippen molar-refractivity contribution in [1.29, 1.82) is 0 Å². The van der Waals surface area contributed by atoms with E-state index in [1.807, 2.05) is 48.5 Å². The Morgan fingerprint density at radius 1 is 1.00 bits per heavy atom. The molecule has 0 radical (unpaired) electrons. The molecule has 0 saturated carbocycles. The minimum absolute atomic E-state index is 0.234. The Labute approximate surface area is 121 Å². The quantitative estimate of drug-likeness (QED) is 0.879. The van der Waals surface area contributed by atoms with Crippen molar-refractivity contribution in [2.24, 2.45) is 5.41 Å². The molecule has 0 amide bonds. The first-order valence-corrected chi connectivity index (χ1v) is 7.16. The largest absolute Gasteiger partial charge is 0.387 e. The average Bonchev–Trinajstić information content (AvgIpc) is 2.45. The predicted molar refractivity (Wildman–Crippen MR) is 83.3 cm³/mol. The Hall–Kier alpha value is -1.67. The second-order valence-corrected chi connectivity index (χ2v) is 6.43. The van der Waals surface area contributed by atoms with E-state index in [2.05, 4.69) is 25.8 Å². The van der Waals surface area contributed by atoms with Crippen molar-refractivity contribution in [2.45, 2.75) is 39.7 Å². The van der Waals surface area contributed by atoms with Crippen LogP contribution < -0.4 is 0 Å². The van der Waals surface area contributed by atoms with Gasteiger partial charge in [0.05, 0.1) is 17.5 Å². The van der Waals surface area contributed by atoms with Gasteiger partial charge in [-0.3, -0.25) is 4.98 Å². The third-order valence-corrected chi connectivity index (χ3v) is 3.35. The summed E-state index contributed by atoms with van der Waals surface area (Å²) in [7, 11) is 0. The number of aromatic nitrogens is 1. The number of aliphatic hydroxyl groups is 1. The highest BCUT2D eigenvalue weighted by atomic mass is 16.3. The summed E-state index contributed by atoms with van der Waals surface area (Å²) >= 11 is 0. The molecule has 0 aliphatic rings. The van der Waals surface area contributed by atoms with Gasteiger partial charge < -0.3 is 5.11 Å². The van der Waals surface area contributed by atoms with Crippen molar-refractivity contribution in [3.05, 3.63) is 54.2 Å². The first-order valence-electron chi connectivity index (χ1n) is 7.16. The maximum Gasteiger partial charge on any atom is 0.0960 e. The highest BCUT2D eigenvalue weighted by Gasteiger charge is 2.16. The van der Waals surface area contributed by atoms with Gasteiger partial charge in [-0.25, -0.2) is 0 Å². The third-order valence-electron chi connectivity index (χ3n) is 3.35. The molecular formula is C18H23NO. The van der Waals surface area contributed by atoms with Crippen molar-refractivity contribution in [3.8, 4) is 11.3 Å². The normalized spacial score (nSPS) is 13.2. The molecule has 1 heterocycles. The molecule has 1 atom stereocenters. The van der Waals surface area contributed by atoms with Gasteiger partial charge >= 0.3 is 0 Å². The number of rotatable bonds is 4. The number of pyridine rings is 1. The topological polar surface area (TPSA) is 33.1 Å². The second-order valence-electron chi connectivity index (χ2n) is 6.43. The van der Waals surface area contributed by atoms with Crippen LogP contribution in [-0.2, 0) is 0 Å². The van der Waals surface area contributed by atoms with Crippen LogP contribution in [-0.4, -0.2) is 10.1 Å². The molecule has 0 aliphatic carbocycles. The lowest BCUT2D eigenvalue weighted by Gasteiger charge is -2.20. The Balaban J connectivity index is 2.14. The van der Waals surface area contributed by atoms with E-state index in [1.54, 1.807) is 0 Å². The number of aliphatic hydroxyl groups excluding tert-OH is 1. The maximum absolute atomic E-state index is 10.3. The van der Waals surface area contributed by atoms with Crippen LogP contribution in [0, 0.1) is 5.41 Å². The fraction of sp³-hybridized carbons (Fsp3) is 0.389. The van der Waals surface area contributed by atoms with Gasteiger partial charge in [0.2, 0.25) is 0 Å². The SMILES string of the molecule is CC(C)(C)CC[C@H](O)c1cccc(-c2ccccc2)n1. The predicted octanol–water partition coefficient (Wildman–Crippen LogP) is 4.61. The fourth-order valence-corrected chi connectivity index (χ4v) is 2.12. The van der Waals surface area contributed by atoms with Crippen LogP contribution in [0.25, 0.3) is 11.3 Å². The van der Waals surface area contributed by atoms with Crippen molar-refractivity contribution in [1.82, 2.24) is 4.98 Å². The van der Waals surface area contributed by atoms with Gasteiger partial charge in [0, 0.05) is 5.56 Å². The van der Waals surface area contributed by atoms with Crippen LogP contribution >= 0.6 is 0 Å². The Morgan fingerprint density at radius 3 is 2.35 bits per heavy atom. The third kappa shape index (κ3) is 4.17. The lowest BCUT2D eigenvalue weighted by atomic mass is 9.88. The molecule has 0 spiro atoms. The van der Waals surface area contributed by atoms with Gasteiger partial charge in [0.15, 0.2) is 0 Å². The monoisotopic (exact) mass is 269 g/mol. The van der Waals surface area contributed by atoms with E-state index >= 15 is 0 Å². The van der Waals surface area contributed by atoms with Crippen LogP contribution in [0.3, 0.4) is 0 Å². The number of hydrogen-bond acceptors (Lipinski definition) is 2. The maximum atomic E-state index is 10.3. The van der Waals surface area contributed by atoms with Crippen LogP contribution in [0.15, 0.2) is 48.5 Å². The van der Waals surface area contributed by atoms with Gasteiger partial charge in [0.25, 0.3) is 0 Å². The molecular weight excluding hydrogens is 246 g/mol. The summed E-state index contributed by atoms with van der Waals surface area (Å²) < 4.78 is 0. The van der Waals surface area contributed by atoms with Crippen molar-refractivity contribution in [3.63, 3.8) is 0 Å². The van der Waals surface area contributed by atoms with Gasteiger partial charge in [0.1, 0.15) is 0 Å². The Morgan fingerprint density at radius 2 is 1.70 bits per heavy atom. The van der Waals surface area contributed by atoms with E-state index in [1.165, 1.54) is 0 Å². The summed E-state index contributed by atoms with van der Waals surface area (Å²) in [6.45, 7) is 6.56. The van der Waals surface area contributed by atoms with Crippen LogP contribution in [0.4, 0.5) is 0 Å². The molecule has 0 fully saturated rings. The highest BCUT2D eigenvalue weighted by Crippen LogP contribution is 2.27. The lowest BCUT2D eigenvalue weighted by Crippen LogP contribution is -2.09. The van der Waals surface area contributed by atoms with Gasteiger partial charge in [-0.1, -0.05) is 57.2 Å². The molecule has 0 bridgehead atoms. The zero-order valence-corrected chi connectivity index (χ0v) is 12.5. The summed E-state index contributed by atoms with van der Waals surface area (Å²) in [4.78, 5) is 4.59. The Kier molecular flexibility index (Phi) is 4.56. The van der Waals surface area contributed by atoms with E-state index in [9.17, 15) is 5.11 Å². The minimum atomic E-state index is -0.488. The molecule has 20 heavy (non-hydrogen) atoms. The van der Waals surface area contributed by atoms with E-state index in [0.717, 1.165) is 29.8 Å². The van der Waals surface area contributed by atoms with Crippen molar-refractivity contribution >= 4 is 0 Å². The minimum Gasteiger partial charge on any atom is -0.387 e. The number of nitrogens with zero attached hydrogens (tertiary/aromatic N) is 1. The Bertz CT molecular complexity index is 543. The van der Waals surface area contributed by atoms with Crippen molar-refractivity contribution in [2.75, 3.05) is 0 Å². The van der Waals surface area contributed by atoms with Crippen LogP contribution in [0.1, 0.15) is 45.4 Å². The first kappa shape index (κ1) is 14.7. The lowest BCUT2D eigenvalue weighted by molar-refractivity contribution is 0.143. The van der Waals surface area contributed by atoms with E-state index in [-0.39, 0.29) is 5.41 Å².